The van der Waals surface area contributed by atoms with Gasteiger partial charge in [0, 0.05) is 0 Å². The summed E-state index contributed by atoms with van der Waals surface area (Å²) in [6, 6.07) is 1.65. The minimum atomic E-state index is -1.18. The van der Waals surface area contributed by atoms with Crippen molar-refractivity contribution in [1.82, 2.24) is 20.2 Å². The van der Waals surface area contributed by atoms with Gasteiger partial charge in [-0.05, 0) is 17.3 Å². The Balaban J connectivity index is 2.15. The zero-order chi connectivity index (χ0) is 15.6. The summed E-state index contributed by atoms with van der Waals surface area (Å²) in [6.07, 6.45) is 0. The normalized spacial score (nSPS) is 10.2. The van der Waals surface area contributed by atoms with Crippen molar-refractivity contribution in [3.63, 3.8) is 0 Å². The quantitative estimate of drug-likeness (QED) is 0.789. The lowest BCUT2D eigenvalue weighted by Crippen LogP contribution is -2.21. The van der Waals surface area contributed by atoms with Crippen LogP contribution in [0.5, 0.6) is 0 Å². The summed E-state index contributed by atoms with van der Waals surface area (Å²) in [5.74, 6) is -1.19. The van der Waals surface area contributed by atoms with Gasteiger partial charge >= 0.3 is 12.0 Å². The third-order valence-electron chi connectivity index (χ3n) is 2.26. The van der Waals surface area contributed by atoms with E-state index < -0.39 is 12.0 Å². The summed E-state index contributed by atoms with van der Waals surface area (Å²) in [5, 5.41) is 24.4. The highest BCUT2D eigenvalue weighted by Gasteiger charge is 2.15. The molecule has 1 aromatic carbocycles. The van der Waals surface area contributed by atoms with Gasteiger partial charge in [0.2, 0.25) is 0 Å². The molecule has 2 aromatic rings. The van der Waals surface area contributed by atoms with Crippen molar-refractivity contribution in [2.75, 3.05) is 10.6 Å². The van der Waals surface area contributed by atoms with Gasteiger partial charge in [-0.15, -0.1) is 5.10 Å². The van der Waals surface area contributed by atoms with Gasteiger partial charge < -0.3 is 10.4 Å². The molecule has 0 aliphatic heterocycles. The number of urea groups is 1. The van der Waals surface area contributed by atoms with Crippen LogP contribution in [0, 0.1) is 0 Å². The Kier molecular flexibility index (Phi) is 4.24. The average molecular weight is 331 g/mol. The molecule has 0 saturated heterocycles. The molecule has 11 heteroatoms. The van der Waals surface area contributed by atoms with E-state index in [1.807, 2.05) is 0 Å². The zero-order valence-corrected chi connectivity index (χ0v) is 12.0. The van der Waals surface area contributed by atoms with E-state index in [-0.39, 0.29) is 27.2 Å². The Labute approximate surface area is 127 Å². The fraction of sp³-hybridized carbons (Fsp3) is 0.100. The van der Waals surface area contributed by atoms with Crippen LogP contribution in [0.15, 0.2) is 12.1 Å². The number of carbonyl (C=O) groups excluding carboxylic acids is 1. The molecule has 9 nitrogen and oxygen atoms in total. The van der Waals surface area contributed by atoms with Gasteiger partial charge in [0.25, 0.3) is 5.95 Å². The molecule has 0 atom stereocenters. The number of carbonyl (C=O) groups is 2. The second-order valence-corrected chi connectivity index (χ2v) is 4.62. The summed E-state index contributed by atoms with van der Waals surface area (Å²) >= 11 is 11.8. The van der Waals surface area contributed by atoms with Crippen molar-refractivity contribution in [1.29, 1.82) is 0 Å². The van der Waals surface area contributed by atoms with Crippen LogP contribution >= 0.6 is 23.2 Å². The molecule has 3 N–H and O–H groups in total. The number of hydrogen-bond acceptors (Lipinski definition) is 5. The predicted molar refractivity (Wildman–Crippen MR) is 74.9 cm³/mol. The minimum Gasteiger partial charge on any atom is -0.478 e. The van der Waals surface area contributed by atoms with Crippen molar-refractivity contribution >= 4 is 46.8 Å². The van der Waals surface area contributed by atoms with Gasteiger partial charge in [-0.25, -0.2) is 9.59 Å². The Bertz CT molecular complexity index is 694. The number of halogens is 2. The second-order valence-electron chi connectivity index (χ2n) is 3.80. The van der Waals surface area contributed by atoms with Crippen molar-refractivity contribution in [3.8, 4) is 0 Å². The molecule has 1 heterocycles. The van der Waals surface area contributed by atoms with E-state index in [4.69, 9.17) is 28.3 Å². The van der Waals surface area contributed by atoms with Crippen molar-refractivity contribution < 1.29 is 14.7 Å². The average Bonchev–Trinajstić information content (AvgIpc) is 2.78. The maximum absolute atomic E-state index is 11.7. The van der Waals surface area contributed by atoms with Gasteiger partial charge in [0.15, 0.2) is 0 Å². The first-order valence-electron chi connectivity index (χ1n) is 5.41. The Morgan fingerprint density at radius 2 is 1.86 bits per heavy atom. The van der Waals surface area contributed by atoms with E-state index in [1.165, 1.54) is 19.2 Å². The number of nitrogens with zero attached hydrogens (tertiary/aromatic N) is 4. The number of tetrazole rings is 1. The third kappa shape index (κ3) is 3.58. The Morgan fingerprint density at radius 1 is 1.24 bits per heavy atom. The van der Waals surface area contributed by atoms with Crippen LogP contribution in [0.2, 0.25) is 10.0 Å². The molecule has 0 aliphatic carbocycles. The SMILES string of the molecule is Cn1nnc(NC(=O)Nc2c(Cl)cc(C(=O)O)cc2Cl)n1. The summed E-state index contributed by atoms with van der Waals surface area (Å²) in [7, 11) is 1.54. The fourth-order valence-corrected chi connectivity index (χ4v) is 1.98. The van der Waals surface area contributed by atoms with E-state index in [9.17, 15) is 9.59 Å². The monoisotopic (exact) mass is 330 g/mol. The van der Waals surface area contributed by atoms with E-state index in [0.717, 1.165) is 4.80 Å². The highest BCUT2D eigenvalue weighted by Crippen LogP contribution is 2.31. The van der Waals surface area contributed by atoms with E-state index >= 15 is 0 Å². The molecule has 2 rings (SSSR count). The number of carboxylic acid groups (broad SMARTS) is 1. The molecule has 1 aromatic heterocycles. The number of benzene rings is 1. The first kappa shape index (κ1) is 15.0. The fourth-order valence-electron chi connectivity index (χ4n) is 1.40. The molecule has 0 saturated carbocycles. The van der Waals surface area contributed by atoms with Crippen LogP contribution in [0.1, 0.15) is 10.4 Å². The van der Waals surface area contributed by atoms with Crippen molar-refractivity contribution in [2.24, 2.45) is 7.05 Å². The number of carboxylic acids is 1. The minimum absolute atomic E-state index is 0.00981. The maximum Gasteiger partial charge on any atom is 0.335 e. The summed E-state index contributed by atoms with van der Waals surface area (Å²) in [5.41, 5.74) is -0.0173. The topological polar surface area (TPSA) is 122 Å². The first-order chi connectivity index (χ1) is 9.86. The third-order valence-corrected chi connectivity index (χ3v) is 2.86. The second kappa shape index (κ2) is 5.94. The molecule has 110 valence electrons. The molecule has 0 radical (unpaired) electrons. The largest absolute Gasteiger partial charge is 0.478 e. The van der Waals surface area contributed by atoms with Crippen molar-refractivity contribution in [2.45, 2.75) is 0 Å². The van der Waals surface area contributed by atoms with E-state index in [1.54, 1.807) is 0 Å². The van der Waals surface area contributed by atoms with Crippen LogP contribution in [-0.4, -0.2) is 37.3 Å². The number of rotatable bonds is 3. The summed E-state index contributed by atoms with van der Waals surface area (Å²) in [6.45, 7) is 0. The van der Waals surface area contributed by atoms with Crippen molar-refractivity contribution in [3.05, 3.63) is 27.7 Å². The van der Waals surface area contributed by atoms with Crippen LogP contribution in [-0.2, 0) is 7.05 Å². The Morgan fingerprint density at radius 3 is 2.33 bits per heavy atom. The van der Waals surface area contributed by atoms with Crippen LogP contribution in [0.4, 0.5) is 16.4 Å². The number of aromatic nitrogens is 4. The van der Waals surface area contributed by atoms with Gasteiger partial charge in [0.1, 0.15) is 0 Å². The number of anilines is 2. The summed E-state index contributed by atoms with van der Waals surface area (Å²) in [4.78, 5) is 23.7. The molecule has 0 aliphatic rings. The molecular weight excluding hydrogens is 323 g/mol. The van der Waals surface area contributed by atoms with Crippen LogP contribution in [0.3, 0.4) is 0 Å². The standard InChI is InChI=1S/C10H8Cl2N6O3/c1-18-16-9(15-17-18)14-10(21)13-7-5(11)2-4(8(19)20)3-6(7)12/h2-3H,1H3,(H,19,20)(H2,13,14,16,21). The molecule has 0 unspecified atom stereocenters. The smallest absolute Gasteiger partial charge is 0.335 e. The van der Waals surface area contributed by atoms with E-state index in [0.29, 0.717) is 0 Å². The van der Waals surface area contributed by atoms with E-state index in [2.05, 4.69) is 26.0 Å². The predicted octanol–water partition coefficient (Wildman–Crippen LogP) is 1.86. The number of amides is 2. The first-order valence-corrected chi connectivity index (χ1v) is 6.16. The molecule has 21 heavy (non-hydrogen) atoms. The number of aromatic carboxylic acids is 1. The van der Waals surface area contributed by atoms with Gasteiger partial charge in [-0.3, -0.25) is 5.32 Å². The Hall–Kier alpha value is -2.39. The van der Waals surface area contributed by atoms with Gasteiger partial charge in [-0.2, -0.15) is 4.80 Å². The summed E-state index contributed by atoms with van der Waals surface area (Å²) < 4.78 is 0. The number of aryl methyl sites for hydroxylation is 1. The lowest BCUT2D eigenvalue weighted by Gasteiger charge is -2.10. The number of nitrogens with one attached hydrogen (secondary N) is 2. The maximum atomic E-state index is 11.7. The molecule has 2 amide bonds. The lowest BCUT2D eigenvalue weighted by molar-refractivity contribution is 0.0697. The molecular formula is C10H8Cl2N6O3. The molecule has 0 fully saturated rings. The van der Waals surface area contributed by atoms with Crippen LogP contribution < -0.4 is 10.6 Å². The van der Waals surface area contributed by atoms with Crippen LogP contribution in [0.25, 0.3) is 0 Å². The van der Waals surface area contributed by atoms with Gasteiger partial charge in [-0.1, -0.05) is 28.3 Å². The number of hydrogen-bond donors (Lipinski definition) is 3. The zero-order valence-electron chi connectivity index (χ0n) is 10.5. The highest BCUT2D eigenvalue weighted by molar-refractivity contribution is 6.40. The van der Waals surface area contributed by atoms with Gasteiger partial charge in [0.05, 0.1) is 28.3 Å². The molecule has 0 bridgehead atoms. The highest BCUT2D eigenvalue weighted by atomic mass is 35.5. The molecule has 0 spiro atoms. The lowest BCUT2D eigenvalue weighted by atomic mass is 10.2.